The summed E-state index contributed by atoms with van der Waals surface area (Å²) in [6.45, 7) is 1.70. The topological polar surface area (TPSA) is 81.3 Å². The van der Waals surface area contributed by atoms with Crippen molar-refractivity contribution in [3.8, 4) is 11.5 Å². The van der Waals surface area contributed by atoms with Crippen molar-refractivity contribution in [1.82, 2.24) is 9.97 Å². The number of nitrogens with one attached hydrogen (secondary N) is 1. The summed E-state index contributed by atoms with van der Waals surface area (Å²) in [6, 6.07) is 21.9. The second-order valence-electron chi connectivity index (χ2n) is 7.16. The maximum absolute atomic E-state index is 13.3. The molecular weight excluding hydrogens is 380 g/mol. The number of para-hydroxylation sites is 3. The van der Waals surface area contributed by atoms with Gasteiger partial charge in [-0.15, -0.1) is 0 Å². The van der Waals surface area contributed by atoms with E-state index in [2.05, 4.69) is 9.97 Å². The molecular formula is C24H18N2O4. The monoisotopic (exact) mass is 398 g/mol. The minimum absolute atomic E-state index is 0.264. The average Bonchev–Trinajstić information content (AvgIpc) is 2.77. The number of carbonyl (C=O) groups is 1. The molecule has 0 unspecified atom stereocenters. The van der Waals surface area contributed by atoms with Crippen molar-refractivity contribution in [1.29, 1.82) is 0 Å². The van der Waals surface area contributed by atoms with Crippen LogP contribution in [0.2, 0.25) is 0 Å². The standard InChI is InChI=1S/C24H18N2O4/c1-14(22-25-18-11-5-2-8-15(18)23(27)26-22)29-24(28)21-16-9-3-6-12-19(16)30-20-13-7-4-10-17(20)21/h2-14,21H,1H3,(H,25,26,27)/t14-/m0/s1. The molecule has 2 heterocycles. The number of carbonyl (C=O) groups excluding carboxylic acids is 1. The van der Waals surface area contributed by atoms with Gasteiger partial charge in [-0.05, 0) is 31.2 Å². The Balaban J connectivity index is 1.50. The van der Waals surface area contributed by atoms with Crippen LogP contribution in [0.15, 0.2) is 77.6 Å². The molecule has 0 spiro atoms. The molecule has 0 bridgehead atoms. The Hall–Kier alpha value is -3.93. The van der Waals surface area contributed by atoms with Crippen LogP contribution in [0.3, 0.4) is 0 Å². The number of ether oxygens (including phenoxy) is 2. The summed E-state index contributed by atoms with van der Waals surface area (Å²) in [5.41, 5.74) is 1.78. The molecule has 30 heavy (non-hydrogen) atoms. The Kier molecular flexibility index (Phi) is 4.32. The average molecular weight is 398 g/mol. The first kappa shape index (κ1) is 18.1. The van der Waals surface area contributed by atoms with Gasteiger partial charge in [0.05, 0.1) is 10.9 Å². The molecule has 6 heteroatoms. The van der Waals surface area contributed by atoms with Crippen molar-refractivity contribution in [3.05, 3.63) is 100 Å². The molecule has 5 rings (SSSR count). The lowest BCUT2D eigenvalue weighted by molar-refractivity contribution is -0.149. The third kappa shape index (κ3) is 3.03. The zero-order valence-corrected chi connectivity index (χ0v) is 16.2. The predicted octanol–water partition coefficient (Wildman–Crippen LogP) is 4.47. The van der Waals surface area contributed by atoms with Crippen LogP contribution in [0.25, 0.3) is 10.9 Å². The van der Waals surface area contributed by atoms with E-state index in [4.69, 9.17) is 9.47 Å². The van der Waals surface area contributed by atoms with Gasteiger partial charge >= 0.3 is 5.97 Å². The first-order valence-corrected chi connectivity index (χ1v) is 9.67. The van der Waals surface area contributed by atoms with Crippen LogP contribution in [0, 0.1) is 0 Å². The van der Waals surface area contributed by atoms with Gasteiger partial charge in [-0.1, -0.05) is 48.5 Å². The zero-order valence-electron chi connectivity index (χ0n) is 16.2. The van der Waals surface area contributed by atoms with E-state index in [1.54, 1.807) is 25.1 Å². The minimum atomic E-state index is -0.725. The van der Waals surface area contributed by atoms with Gasteiger partial charge in [0.1, 0.15) is 17.4 Å². The molecule has 0 radical (unpaired) electrons. The van der Waals surface area contributed by atoms with Crippen molar-refractivity contribution in [2.75, 3.05) is 0 Å². The molecule has 1 aliphatic rings. The highest BCUT2D eigenvalue weighted by molar-refractivity contribution is 5.85. The fourth-order valence-corrected chi connectivity index (χ4v) is 3.76. The Morgan fingerprint density at radius 1 is 0.967 bits per heavy atom. The molecule has 1 aromatic heterocycles. The van der Waals surface area contributed by atoms with Crippen LogP contribution in [-0.4, -0.2) is 15.9 Å². The fraction of sp³-hybridized carbons (Fsp3) is 0.125. The van der Waals surface area contributed by atoms with Gasteiger partial charge in [0.2, 0.25) is 0 Å². The number of aromatic amines is 1. The SMILES string of the molecule is C[C@H](OC(=O)C1c2ccccc2Oc2ccccc21)c1nc2ccccc2c(=O)[nH]1. The van der Waals surface area contributed by atoms with Crippen LogP contribution in [0.5, 0.6) is 11.5 Å². The molecule has 148 valence electrons. The highest BCUT2D eigenvalue weighted by Gasteiger charge is 2.34. The van der Waals surface area contributed by atoms with E-state index < -0.39 is 18.0 Å². The first-order chi connectivity index (χ1) is 14.6. The predicted molar refractivity (Wildman–Crippen MR) is 112 cm³/mol. The van der Waals surface area contributed by atoms with Crippen LogP contribution < -0.4 is 10.3 Å². The summed E-state index contributed by atoms with van der Waals surface area (Å²) in [6.07, 6.45) is -0.725. The number of nitrogens with zero attached hydrogens (tertiary/aromatic N) is 1. The Bertz CT molecular complexity index is 1280. The van der Waals surface area contributed by atoms with Gasteiger partial charge in [-0.3, -0.25) is 9.59 Å². The van der Waals surface area contributed by atoms with Crippen molar-refractivity contribution in [2.24, 2.45) is 0 Å². The molecule has 0 aliphatic carbocycles. The Morgan fingerprint density at radius 2 is 1.57 bits per heavy atom. The Morgan fingerprint density at radius 3 is 2.27 bits per heavy atom. The highest BCUT2D eigenvalue weighted by atomic mass is 16.5. The van der Waals surface area contributed by atoms with Gasteiger partial charge < -0.3 is 14.5 Å². The van der Waals surface area contributed by atoms with Crippen molar-refractivity contribution < 1.29 is 14.3 Å². The van der Waals surface area contributed by atoms with E-state index in [9.17, 15) is 9.59 Å². The summed E-state index contributed by atoms with van der Waals surface area (Å²) >= 11 is 0. The lowest BCUT2D eigenvalue weighted by atomic mass is 9.88. The number of esters is 1. The Labute approximate surface area is 172 Å². The summed E-state index contributed by atoms with van der Waals surface area (Å²) < 4.78 is 11.7. The lowest BCUT2D eigenvalue weighted by Gasteiger charge is -2.27. The number of benzene rings is 3. The van der Waals surface area contributed by atoms with Gasteiger partial charge in [0.25, 0.3) is 5.56 Å². The van der Waals surface area contributed by atoms with E-state index in [1.165, 1.54) is 0 Å². The molecule has 0 saturated heterocycles. The summed E-state index contributed by atoms with van der Waals surface area (Å²) in [5.74, 6) is 0.508. The van der Waals surface area contributed by atoms with Gasteiger partial charge in [0, 0.05) is 11.1 Å². The maximum atomic E-state index is 13.3. The summed E-state index contributed by atoms with van der Waals surface area (Å²) in [7, 11) is 0. The van der Waals surface area contributed by atoms with Gasteiger partial charge in [-0.2, -0.15) is 0 Å². The second-order valence-corrected chi connectivity index (χ2v) is 7.16. The molecule has 1 N–H and O–H groups in total. The van der Waals surface area contributed by atoms with Gasteiger partial charge in [0.15, 0.2) is 11.9 Å². The van der Waals surface area contributed by atoms with Crippen molar-refractivity contribution in [3.63, 3.8) is 0 Å². The molecule has 1 aliphatic heterocycles. The molecule has 4 aromatic rings. The number of aromatic nitrogens is 2. The van der Waals surface area contributed by atoms with E-state index in [-0.39, 0.29) is 5.56 Å². The summed E-state index contributed by atoms with van der Waals surface area (Å²) in [5, 5.41) is 0.493. The van der Waals surface area contributed by atoms with Crippen molar-refractivity contribution in [2.45, 2.75) is 18.9 Å². The smallest absolute Gasteiger partial charge is 0.318 e. The molecule has 1 atom stereocenters. The largest absolute Gasteiger partial charge is 0.457 e. The lowest BCUT2D eigenvalue weighted by Crippen LogP contribution is -2.24. The number of fused-ring (bicyclic) bond motifs is 3. The molecule has 0 fully saturated rings. The highest BCUT2D eigenvalue weighted by Crippen LogP contribution is 2.44. The van der Waals surface area contributed by atoms with Crippen LogP contribution in [0.1, 0.15) is 35.9 Å². The quantitative estimate of drug-likeness (QED) is 0.515. The minimum Gasteiger partial charge on any atom is -0.457 e. The summed E-state index contributed by atoms with van der Waals surface area (Å²) in [4.78, 5) is 32.8. The van der Waals surface area contributed by atoms with E-state index >= 15 is 0 Å². The first-order valence-electron chi connectivity index (χ1n) is 9.67. The fourth-order valence-electron chi connectivity index (χ4n) is 3.76. The zero-order chi connectivity index (χ0) is 20.7. The number of H-pyrrole nitrogens is 1. The number of hydrogen-bond donors (Lipinski definition) is 1. The van der Waals surface area contributed by atoms with Gasteiger partial charge in [-0.25, -0.2) is 4.98 Å². The third-order valence-electron chi connectivity index (χ3n) is 5.22. The number of rotatable bonds is 3. The maximum Gasteiger partial charge on any atom is 0.318 e. The normalized spacial score (nSPS) is 13.8. The molecule has 3 aromatic carbocycles. The van der Waals surface area contributed by atoms with E-state index in [0.717, 1.165) is 11.1 Å². The van der Waals surface area contributed by atoms with Crippen LogP contribution in [0.4, 0.5) is 0 Å². The molecule has 0 amide bonds. The molecule has 6 nitrogen and oxygen atoms in total. The molecule has 0 saturated carbocycles. The van der Waals surface area contributed by atoms with E-state index in [0.29, 0.717) is 28.2 Å². The number of hydrogen-bond acceptors (Lipinski definition) is 5. The second kappa shape index (κ2) is 7.15. The van der Waals surface area contributed by atoms with Crippen LogP contribution >= 0.6 is 0 Å². The third-order valence-corrected chi connectivity index (χ3v) is 5.22. The van der Waals surface area contributed by atoms with E-state index in [1.807, 2.05) is 54.6 Å². The van der Waals surface area contributed by atoms with Crippen LogP contribution in [-0.2, 0) is 9.53 Å². The van der Waals surface area contributed by atoms with Crippen molar-refractivity contribution >= 4 is 16.9 Å².